The molecule has 1 heterocycles. The number of benzene rings is 1. The van der Waals surface area contributed by atoms with Crippen molar-refractivity contribution in [2.75, 3.05) is 59.0 Å². The molecule has 0 saturated carbocycles. The summed E-state index contributed by atoms with van der Waals surface area (Å²) in [6, 6.07) is 6.38. The van der Waals surface area contributed by atoms with E-state index in [9.17, 15) is 18.0 Å². The van der Waals surface area contributed by atoms with Crippen LogP contribution in [-0.2, 0) is 28.8 Å². The molecule has 0 spiro atoms. The van der Waals surface area contributed by atoms with Crippen LogP contribution in [0, 0.1) is 0 Å². The van der Waals surface area contributed by atoms with E-state index in [1.807, 2.05) is 0 Å². The molecular weight excluding hydrogens is 697 g/mol. The first-order valence-electron chi connectivity index (χ1n) is 20.2. The second-order valence-electron chi connectivity index (χ2n) is 13.8. The zero-order valence-corrected chi connectivity index (χ0v) is 33.5. The van der Waals surface area contributed by atoms with Gasteiger partial charge in [-0.05, 0) is 30.7 Å². The van der Waals surface area contributed by atoms with Crippen molar-refractivity contribution >= 4 is 21.7 Å². The van der Waals surface area contributed by atoms with Gasteiger partial charge in [-0.3, -0.25) is 9.59 Å². The van der Waals surface area contributed by atoms with E-state index < -0.39 is 15.1 Å². The molecule has 0 atom stereocenters. The molecule has 302 valence electrons. The van der Waals surface area contributed by atoms with Crippen LogP contribution in [0.3, 0.4) is 0 Å². The van der Waals surface area contributed by atoms with Crippen LogP contribution >= 0.6 is 0 Å². The van der Waals surface area contributed by atoms with E-state index in [0.717, 1.165) is 19.1 Å². The van der Waals surface area contributed by atoms with Gasteiger partial charge in [0.25, 0.3) is 5.91 Å². The Hall–Kier alpha value is -2.87. The summed E-state index contributed by atoms with van der Waals surface area (Å²) in [6.45, 7) is 5.57. The number of sulfone groups is 1. The maximum absolute atomic E-state index is 12.4. The minimum absolute atomic E-state index is 0.0551. The number of hydrogen-bond acceptors (Lipinski definition) is 10. The van der Waals surface area contributed by atoms with Crippen molar-refractivity contribution in [2.45, 2.75) is 141 Å². The van der Waals surface area contributed by atoms with Gasteiger partial charge in [-0.15, -0.1) is 5.10 Å². The number of rotatable bonds is 35. The number of carbonyl (C=O) groups is 2. The molecule has 0 unspecified atom stereocenters. The van der Waals surface area contributed by atoms with Gasteiger partial charge >= 0.3 is 5.22 Å². The molecule has 0 saturated heterocycles. The Labute approximate surface area is 319 Å². The molecule has 13 heteroatoms. The SMILES string of the molecule is CCCCCCCCCCCCCCCCCCCCCC(=O)NCCOCCOCCOCCNC(=O)c1ccc(-c2nnc(S(C)(=O)=O)o2)cc1. The van der Waals surface area contributed by atoms with Crippen molar-refractivity contribution in [1.29, 1.82) is 0 Å². The Morgan fingerprint density at radius 2 is 1.04 bits per heavy atom. The Morgan fingerprint density at radius 1 is 0.604 bits per heavy atom. The lowest BCUT2D eigenvalue weighted by Crippen LogP contribution is -2.27. The fraction of sp³-hybridized carbons (Fsp3) is 0.750. The molecule has 53 heavy (non-hydrogen) atoms. The minimum Gasteiger partial charge on any atom is -0.408 e. The van der Waals surface area contributed by atoms with Crippen molar-refractivity contribution in [1.82, 2.24) is 20.8 Å². The van der Waals surface area contributed by atoms with Crippen molar-refractivity contribution in [2.24, 2.45) is 0 Å². The van der Waals surface area contributed by atoms with E-state index in [1.54, 1.807) is 24.3 Å². The first-order chi connectivity index (χ1) is 25.8. The number of ether oxygens (including phenoxy) is 3. The Balaban J connectivity index is 1.27. The average molecular weight is 765 g/mol. The third kappa shape index (κ3) is 24.2. The van der Waals surface area contributed by atoms with Crippen LogP contribution in [0.1, 0.15) is 146 Å². The molecule has 0 aliphatic heterocycles. The lowest BCUT2D eigenvalue weighted by Gasteiger charge is -2.09. The largest absolute Gasteiger partial charge is 0.408 e. The molecule has 0 aliphatic carbocycles. The van der Waals surface area contributed by atoms with Crippen LogP contribution in [0.4, 0.5) is 0 Å². The Bertz CT molecular complexity index is 1320. The molecule has 2 N–H and O–H groups in total. The van der Waals surface area contributed by atoms with Crippen LogP contribution in [-0.4, -0.2) is 89.4 Å². The van der Waals surface area contributed by atoms with E-state index in [4.69, 9.17) is 18.6 Å². The summed E-state index contributed by atoms with van der Waals surface area (Å²) in [5.41, 5.74) is 0.927. The fourth-order valence-corrected chi connectivity index (χ4v) is 6.26. The standard InChI is InChI=1S/C40H68N4O8S/c1-3-4-5-6-7-8-9-10-11-12-13-14-15-16-17-18-19-20-21-22-37(45)41-27-29-49-31-33-51-34-32-50-30-28-42-38(46)35-23-25-36(26-24-35)39-43-44-40(52-39)53(2,47)48/h23-26H,3-22,27-34H2,1-2H3,(H,41,45)(H,42,46). The minimum atomic E-state index is -3.59. The monoisotopic (exact) mass is 764 g/mol. The van der Waals surface area contributed by atoms with Gasteiger partial charge in [0.2, 0.25) is 21.6 Å². The molecule has 2 amide bonds. The summed E-state index contributed by atoms with van der Waals surface area (Å²) in [7, 11) is -3.59. The molecule has 2 aromatic rings. The zero-order chi connectivity index (χ0) is 38.2. The van der Waals surface area contributed by atoms with Crippen molar-refractivity contribution in [3.8, 4) is 11.5 Å². The number of aromatic nitrogens is 2. The number of unbranched alkanes of at least 4 members (excludes halogenated alkanes) is 18. The lowest BCUT2D eigenvalue weighted by atomic mass is 10.0. The predicted molar refractivity (Wildman–Crippen MR) is 209 cm³/mol. The van der Waals surface area contributed by atoms with Crippen molar-refractivity contribution in [3.05, 3.63) is 29.8 Å². The van der Waals surface area contributed by atoms with E-state index in [2.05, 4.69) is 27.8 Å². The number of carbonyl (C=O) groups excluding carboxylic acids is 2. The third-order valence-corrected chi connectivity index (χ3v) is 9.77. The predicted octanol–water partition coefficient (Wildman–Crippen LogP) is 7.86. The lowest BCUT2D eigenvalue weighted by molar-refractivity contribution is -0.121. The van der Waals surface area contributed by atoms with Crippen molar-refractivity contribution < 1.29 is 36.6 Å². The van der Waals surface area contributed by atoms with Gasteiger partial charge in [-0.1, -0.05) is 128 Å². The van der Waals surface area contributed by atoms with Crippen LogP contribution in [0.2, 0.25) is 0 Å². The number of nitrogens with zero attached hydrogens (tertiary/aromatic N) is 2. The van der Waals surface area contributed by atoms with Gasteiger partial charge in [-0.2, -0.15) is 0 Å². The molecule has 0 aliphatic rings. The van der Waals surface area contributed by atoms with Crippen LogP contribution < -0.4 is 10.6 Å². The normalized spacial score (nSPS) is 11.6. The van der Waals surface area contributed by atoms with Crippen LogP contribution in [0.5, 0.6) is 0 Å². The summed E-state index contributed by atoms with van der Waals surface area (Å²) in [5.74, 6) is -0.123. The number of amides is 2. The highest BCUT2D eigenvalue weighted by atomic mass is 32.2. The number of nitrogens with one attached hydrogen (secondary N) is 2. The second kappa shape index (κ2) is 30.5. The van der Waals surface area contributed by atoms with E-state index in [-0.39, 0.29) is 17.7 Å². The second-order valence-corrected chi connectivity index (χ2v) is 15.7. The third-order valence-electron chi connectivity index (χ3n) is 8.97. The summed E-state index contributed by atoms with van der Waals surface area (Å²) in [6.07, 6.45) is 27.1. The van der Waals surface area contributed by atoms with Gasteiger partial charge in [0.05, 0.1) is 39.6 Å². The first kappa shape index (κ1) is 46.3. The zero-order valence-electron chi connectivity index (χ0n) is 32.7. The average Bonchev–Trinajstić information content (AvgIpc) is 3.66. The van der Waals surface area contributed by atoms with Gasteiger partial charge in [-0.25, -0.2) is 8.42 Å². The first-order valence-corrected chi connectivity index (χ1v) is 22.1. The van der Waals surface area contributed by atoms with Gasteiger partial charge in [0, 0.05) is 36.9 Å². The van der Waals surface area contributed by atoms with E-state index >= 15 is 0 Å². The Kier molecular flexibility index (Phi) is 26.6. The molecule has 0 fully saturated rings. The Morgan fingerprint density at radius 3 is 1.49 bits per heavy atom. The summed E-state index contributed by atoms with van der Waals surface area (Å²) >= 11 is 0. The van der Waals surface area contributed by atoms with Gasteiger partial charge < -0.3 is 29.3 Å². The highest BCUT2D eigenvalue weighted by Crippen LogP contribution is 2.20. The summed E-state index contributed by atoms with van der Waals surface area (Å²) in [5, 5.41) is 12.5. The molecular formula is C40H68N4O8S. The summed E-state index contributed by atoms with van der Waals surface area (Å²) < 4.78 is 44.7. The van der Waals surface area contributed by atoms with E-state index in [0.29, 0.717) is 70.3 Å². The quantitative estimate of drug-likeness (QED) is 0.0662. The van der Waals surface area contributed by atoms with Gasteiger partial charge in [0.1, 0.15) is 0 Å². The number of hydrogen-bond donors (Lipinski definition) is 2. The molecule has 2 rings (SSSR count). The van der Waals surface area contributed by atoms with Gasteiger partial charge in [0.15, 0.2) is 0 Å². The molecule has 1 aromatic heterocycles. The molecule has 1 aromatic carbocycles. The topological polar surface area (TPSA) is 159 Å². The maximum atomic E-state index is 12.4. The van der Waals surface area contributed by atoms with Crippen molar-refractivity contribution in [3.63, 3.8) is 0 Å². The molecule has 0 bridgehead atoms. The summed E-state index contributed by atoms with van der Waals surface area (Å²) in [4.78, 5) is 24.4. The highest BCUT2D eigenvalue weighted by molar-refractivity contribution is 7.90. The van der Waals surface area contributed by atoms with Crippen LogP contribution in [0.15, 0.2) is 33.9 Å². The molecule has 12 nitrogen and oxygen atoms in total. The fourth-order valence-electron chi connectivity index (χ4n) is 5.84. The maximum Gasteiger partial charge on any atom is 0.335 e. The van der Waals surface area contributed by atoms with Crippen LogP contribution in [0.25, 0.3) is 11.5 Å². The highest BCUT2D eigenvalue weighted by Gasteiger charge is 2.17. The smallest absolute Gasteiger partial charge is 0.335 e. The molecule has 0 radical (unpaired) electrons. The van der Waals surface area contributed by atoms with E-state index in [1.165, 1.54) is 109 Å².